The number of anilines is 3. The predicted octanol–water partition coefficient (Wildman–Crippen LogP) is 4.05. The third-order valence-electron chi connectivity index (χ3n) is 5.84. The first-order valence-electron chi connectivity index (χ1n) is 11.0. The Labute approximate surface area is 185 Å². The Morgan fingerprint density at radius 1 is 1.00 bits per heavy atom. The Morgan fingerprint density at radius 2 is 1.63 bits per heavy atom. The molecule has 2 atom stereocenters. The summed E-state index contributed by atoms with van der Waals surface area (Å²) in [5.41, 5.74) is 1.19. The van der Waals surface area contributed by atoms with Crippen LogP contribution in [0.25, 0.3) is 0 Å². The van der Waals surface area contributed by atoms with E-state index < -0.39 is 0 Å². The summed E-state index contributed by atoms with van der Waals surface area (Å²) in [7, 11) is 0. The summed E-state index contributed by atoms with van der Waals surface area (Å²) in [6.07, 6.45) is 3.72. The van der Waals surface area contributed by atoms with Gasteiger partial charge in [-0.2, -0.15) is 9.97 Å². The van der Waals surface area contributed by atoms with Crippen molar-refractivity contribution >= 4 is 34.9 Å². The monoisotopic (exact) mass is 424 g/mol. The van der Waals surface area contributed by atoms with Gasteiger partial charge in [0.2, 0.25) is 5.95 Å². The lowest BCUT2D eigenvalue weighted by atomic mass is 9.92. The van der Waals surface area contributed by atoms with Crippen LogP contribution in [0.2, 0.25) is 0 Å². The highest BCUT2D eigenvalue weighted by Crippen LogP contribution is 2.29. The second-order valence-corrected chi connectivity index (χ2v) is 9.15. The molecule has 0 radical (unpaired) electrons. The van der Waals surface area contributed by atoms with Gasteiger partial charge in [0.15, 0.2) is 5.11 Å². The van der Waals surface area contributed by atoms with E-state index in [1.807, 2.05) is 18.2 Å². The van der Waals surface area contributed by atoms with Gasteiger partial charge in [0.25, 0.3) is 0 Å². The molecule has 2 aliphatic heterocycles. The highest BCUT2D eigenvalue weighted by atomic mass is 32.1. The molecule has 1 aromatic carbocycles. The normalized spacial score (nSPS) is 21.5. The van der Waals surface area contributed by atoms with Gasteiger partial charge in [-0.1, -0.05) is 44.2 Å². The van der Waals surface area contributed by atoms with E-state index in [0.29, 0.717) is 29.4 Å². The fourth-order valence-corrected chi connectivity index (χ4v) is 4.69. The molecule has 2 N–H and O–H groups in total. The molecule has 2 aliphatic rings. The summed E-state index contributed by atoms with van der Waals surface area (Å²) in [6.45, 7) is 9.51. The van der Waals surface area contributed by atoms with Crippen molar-refractivity contribution in [2.45, 2.75) is 39.7 Å². The topological polar surface area (TPSA) is 56.3 Å². The molecule has 2 fully saturated rings. The van der Waals surface area contributed by atoms with Gasteiger partial charge in [-0.05, 0) is 48.9 Å². The first-order chi connectivity index (χ1) is 14.6. The fourth-order valence-electron chi connectivity index (χ4n) is 4.52. The zero-order valence-corrected chi connectivity index (χ0v) is 18.8. The lowest BCUT2D eigenvalue weighted by molar-refractivity contribution is 0.355. The quantitative estimate of drug-likeness (QED) is 0.703. The predicted molar refractivity (Wildman–Crippen MR) is 128 cm³/mol. The number of hydrogen-bond donors (Lipinski definition) is 2. The molecule has 6 nitrogen and oxygen atoms in total. The summed E-state index contributed by atoms with van der Waals surface area (Å²) in [5.74, 6) is 3.91. The first-order valence-corrected chi connectivity index (χ1v) is 11.5. The Hall–Kier alpha value is -2.41. The number of rotatable bonds is 5. The van der Waals surface area contributed by atoms with Crippen molar-refractivity contribution < 1.29 is 0 Å². The maximum Gasteiger partial charge on any atom is 0.232 e. The van der Waals surface area contributed by atoms with Gasteiger partial charge in [-0.15, -0.1) is 0 Å². The first kappa shape index (κ1) is 20.8. The van der Waals surface area contributed by atoms with Crippen LogP contribution in [0, 0.1) is 11.8 Å². The molecule has 2 aromatic rings. The molecule has 1 aromatic heterocycles. The molecular formula is C23H32N6S. The zero-order valence-electron chi connectivity index (χ0n) is 18.0. The van der Waals surface area contributed by atoms with Crippen LogP contribution in [0.15, 0.2) is 36.4 Å². The van der Waals surface area contributed by atoms with Crippen LogP contribution >= 0.6 is 12.2 Å². The molecule has 0 saturated carbocycles. The lowest BCUT2D eigenvalue weighted by Gasteiger charge is -2.36. The van der Waals surface area contributed by atoms with E-state index in [0.717, 1.165) is 37.8 Å². The Bertz CT molecular complexity index is 842. The number of aromatic nitrogens is 2. The van der Waals surface area contributed by atoms with E-state index in [4.69, 9.17) is 22.2 Å². The van der Waals surface area contributed by atoms with Crippen LogP contribution < -0.4 is 20.4 Å². The Kier molecular flexibility index (Phi) is 6.67. The van der Waals surface area contributed by atoms with Gasteiger partial charge in [0, 0.05) is 38.8 Å². The van der Waals surface area contributed by atoms with Gasteiger partial charge in [0.05, 0.1) is 0 Å². The summed E-state index contributed by atoms with van der Waals surface area (Å²) in [4.78, 5) is 14.4. The number of thiocarbonyl (C=S) groups is 1. The minimum atomic E-state index is 0.545. The molecule has 0 unspecified atom stereocenters. The molecule has 0 spiro atoms. The van der Waals surface area contributed by atoms with Crippen molar-refractivity contribution in [1.82, 2.24) is 15.3 Å². The summed E-state index contributed by atoms with van der Waals surface area (Å²) >= 11 is 5.52. The van der Waals surface area contributed by atoms with Gasteiger partial charge in [0.1, 0.15) is 11.6 Å². The van der Waals surface area contributed by atoms with E-state index in [9.17, 15) is 0 Å². The molecule has 3 heterocycles. The SMILES string of the molecule is C[C@H]1C[C@H](C)CN(c2cc(N3CCCC3)nc(NC(=S)NCc3ccccc3)n2)C1. The smallest absolute Gasteiger partial charge is 0.232 e. The average Bonchev–Trinajstić information content (AvgIpc) is 3.27. The number of benzene rings is 1. The molecule has 30 heavy (non-hydrogen) atoms. The molecule has 0 aliphatic carbocycles. The third kappa shape index (κ3) is 5.39. The Morgan fingerprint density at radius 3 is 2.30 bits per heavy atom. The van der Waals surface area contributed by atoms with Gasteiger partial charge < -0.3 is 20.4 Å². The maximum atomic E-state index is 5.52. The van der Waals surface area contributed by atoms with Crippen LogP contribution in [0.5, 0.6) is 0 Å². The van der Waals surface area contributed by atoms with Crippen LogP contribution in [-0.4, -0.2) is 41.3 Å². The minimum Gasteiger partial charge on any atom is -0.358 e. The highest BCUT2D eigenvalue weighted by Gasteiger charge is 2.25. The summed E-state index contributed by atoms with van der Waals surface area (Å²) in [5, 5.41) is 7.03. The van der Waals surface area contributed by atoms with Crippen LogP contribution in [-0.2, 0) is 6.54 Å². The van der Waals surface area contributed by atoms with E-state index in [1.165, 1.54) is 24.8 Å². The van der Waals surface area contributed by atoms with Crippen molar-refractivity contribution in [3.8, 4) is 0 Å². The van der Waals surface area contributed by atoms with E-state index in [1.54, 1.807) is 0 Å². The van der Waals surface area contributed by atoms with Crippen molar-refractivity contribution in [2.75, 3.05) is 41.3 Å². The van der Waals surface area contributed by atoms with Crippen molar-refractivity contribution in [3.05, 3.63) is 42.0 Å². The molecule has 0 bridgehead atoms. The Balaban J connectivity index is 1.50. The second-order valence-electron chi connectivity index (χ2n) is 8.75. The zero-order chi connectivity index (χ0) is 20.9. The highest BCUT2D eigenvalue weighted by molar-refractivity contribution is 7.80. The third-order valence-corrected chi connectivity index (χ3v) is 6.09. The molecular weight excluding hydrogens is 392 g/mol. The standard InChI is InChI=1S/C23H32N6S/c1-17-12-18(2)16-29(15-17)21-13-20(28-10-6-7-11-28)25-22(26-21)27-23(30)24-14-19-8-4-3-5-9-19/h3-5,8-9,13,17-18H,6-7,10-12,14-16H2,1-2H3,(H2,24,25,26,27,30)/t17-,18-/m0/s1. The van der Waals surface area contributed by atoms with Crippen molar-refractivity contribution in [1.29, 1.82) is 0 Å². The van der Waals surface area contributed by atoms with Gasteiger partial charge in [-0.25, -0.2) is 0 Å². The number of hydrogen-bond acceptors (Lipinski definition) is 5. The van der Waals surface area contributed by atoms with E-state index >= 15 is 0 Å². The minimum absolute atomic E-state index is 0.545. The van der Waals surface area contributed by atoms with E-state index in [-0.39, 0.29) is 0 Å². The van der Waals surface area contributed by atoms with Crippen LogP contribution in [0.1, 0.15) is 38.7 Å². The average molecular weight is 425 g/mol. The second kappa shape index (κ2) is 9.60. The number of nitrogens with one attached hydrogen (secondary N) is 2. The molecule has 160 valence electrons. The summed E-state index contributed by atoms with van der Waals surface area (Å²) < 4.78 is 0. The van der Waals surface area contributed by atoms with Gasteiger partial charge in [-0.3, -0.25) is 0 Å². The van der Waals surface area contributed by atoms with E-state index in [2.05, 4.69) is 52.5 Å². The molecule has 7 heteroatoms. The van der Waals surface area contributed by atoms with Crippen LogP contribution in [0.3, 0.4) is 0 Å². The largest absolute Gasteiger partial charge is 0.358 e. The molecule has 2 saturated heterocycles. The maximum absolute atomic E-state index is 5.52. The number of piperidine rings is 1. The molecule has 4 rings (SSSR count). The number of nitrogens with zero attached hydrogens (tertiary/aromatic N) is 4. The van der Waals surface area contributed by atoms with Gasteiger partial charge >= 0.3 is 0 Å². The van der Waals surface area contributed by atoms with Crippen molar-refractivity contribution in [3.63, 3.8) is 0 Å². The fraction of sp³-hybridized carbons (Fsp3) is 0.522. The summed E-state index contributed by atoms with van der Waals surface area (Å²) in [6, 6.07) is 12.4. The molecule has 0 amide bonds. The van der Waals surface area contributed by atoms with Crippen molar-refractivity contribution in [2.24, 2.45) is 11.8 Å². The van der Waals surface area contributed by atoms with Crippen LogP contribution in [0.4, 0.5) is 17.6 Å². The lowest BCUT2D eigenvalue weighted by Crippen LogP contribution is -2.39.